The number of carbonyl (C=O) groups excluding carboxylic acids is 2. The van der Waals surface area contributed by atoms with E-state index in [0.717, 1.165) is 52.6 Å². The van der Waals surface area contributed by atoms with Gasteiger partial charge in [0.1, 0.15) is 22.2 Å². The minimum atomic E-state index is -5.26. The molecule has 0 bridgehead atoms. The van der Waals surface area contributed by atoms with E-state index >= 15 is 4.39 Å². The van der Waals surface area contributed by atoms with Crippen molar-refractivity contribution in [2.75, 3.05) is 0 Å². The number of halogens is 7. The molecule has 1 aromatic heterocycles. The summed E-state index contributed by atoms with van der Waals surface area (Å²) in [6, 6.07) is 5.20. The fourth-order valence-corrected chi connectivity index (χ4v) is 5.94. The van der Waals surface area contributed by atoms with Crippen LogP contribution in [0.4, 0.5) is 35.5 Å². The van der Waals surface area contributed by atoms with Gasteiger partial charge >= 0.3 is 12.2 Å². The maximum Gasteiger partial charge on any atom is 0.413 e. The zero-order chi connectivity index (χ0) is 30.8. The predicted octanol–water partition coefficient (Wildman–Crippen LogP) is 6.73. The van der Waals surface area contributed by atoms with Crippen molar-refractivity contribution in [3.8, 4) is 27.4 Å². The smallest absolute Gasteiger partial charge is 0.413 e. The van der Waals surface area contributed by atoms with Crippen molar-refractivity contribution in [2.24, 2.45) is 0 Å². The highest BCUT2D eigenvalue weighted by Crippen LogP contribution is 2.53. The third-order valence-corrected chi connectivity index (χ3v) is 8.33. The monoisotopic (exact) mass is 622 g/mol. The van der Waals surface area contributed by atoms with Crippen molar-refractivity contribution in [1.82, 2.24) is 20.0 Å². The molecule has 7 nitrogen and oxygen atoms in total. The second-order valence-electron chi connectivity index (χ2n) is 10.0. The Labute approximate surface area is 241 Å². The van der Waals surface area contributed by atoms with E-state index < -0.39 is 70.8 Å². The Morgan fingerprint density at radius 3 is 2.21 bits per heavy atom. The molecule has 2 heterocycles. The van der Waals surface area contributed by atoms with E-state index in [4.69, 9.17) is 0 Å². The number of imide groups is 1. The van der Waals surface area contributed by atoms with E-state index in [1.165, 1.54) is 18.2 Å². The van der Waals surface area contributed by atoms with Gasteiger partial charge in [0.15, 0.2) is 28.4 Å². The van der Waals surface area contributed by atoms with Crippen molar-refractivity contribution >= 4 is 23.3 Å². The zero-order valence-corrected chi connectivity index (χ0v) is 22.3. The minimum Gasteiger partial charge on any atom is -0.503 e. The molecule has 222 valence electrons. The summed E-state index contributed by atoms with van der Waals surface area (Å²) in [7, 11) is 0. The van der Waals surface area contributed by atoms with Crippen molar-refractivity contribution in [3.63, 3.8) is 0 Å². The van der Waals surface area contributed by atoms with Crippen LogP contribution in [0.2, 0.25) is 0 Å². The average Bonchev–Trinajstić information content (AvgIpc) is 3.59. The maximum atomic E-state index is 15.3. The lowest BCUT2D eigenvalue weighted by Gasteiger charge is -2.29. The molecule has 6 rings (SSSR count). The fourth-order valence-electron chi connectivity index (χ4n) is 5.09. The topological polar surface area (TPSA) is 86.6 Å². The number of nitrogens with zero attached hydrogens (tertiary/aromatic N) is 4. The van der Waals surface area contributed by atoms with Crippen molar-refractivity contribution < 1.29 is 45.4 Å². The van der Waals surface area contributed by atoms with Crippen LogP contribution >= 0.6 is 11.3 Å². The molecule has 0 unspecified atom stereocenters. The van der Waals surface area contributed by atoms with Crippen LogP contribution in [0.1, 0.15) is 29.5 Å². The molecule has 1 saturated carbocycles. The zero-order valence-electron chi connectivity index (χ0n) is 21.5. The Bertz CT molecular complexity index is 1770. The first-order valence-corrected chi connectivity index (χ1v) is 13.4. The molecule has 3 amide bonds. The second-order valence-corrected chi connectivity index (χ2v) is 11.1. The molecule has 3 aromatic carbocycles. The number of phenols is 1. The summed E-state index contributed by atoms with van der Waals surface area (Å²) >= 11 is 0.723. The number of phenolic OH excluding ortho intramolecular Hbond substituents is 1. The number of rotatable bonds is 6. The molecule has 4 aromatic rings. The molecule has 1 N–H and O–H groups in total. The molecule has 2 fully saturated rings. The van der Waals surface area contributed by atoms with Crippen molar-refractivity contribution in [1.29, 1.82) is 0 Å². The number of aromatic nitrogens is 2. The van der Waals surface area contributed by atoms with E-state index in [-0.39, 0.29) is 38.9 Å². The number of carbonyl (C=O) groups is 2. The van der Waals surface area contributed by atoms with Gasteiger partial charge in [-0.05, 0) is 54.3 Å². The molecule has 1 saturated heterocycles. The van der Waals surface area contributed by atoms with Gasteiger partial charge < -0.3 is 10.0 Å². The van der Waals surface area contributed by atoms with E-state index in [0.29, 0.717) is 5.56 Å². The number of aromatic hydroxyl groups is 1. The molecule has 2 aliphatic rings. The standard InChI is InChI=1S/C28H17F7N4O3S/c29-15-4-1-13(2-5-15)14-3-6-16(19(31)11-14)23(28(33,34)35)39-25(41)27(9-10-27)38(26(39)42)12-20-36-37-24(43-20)17-7-8-18(30)22(40)21(17)32/h1-8,11,23,40H,9-10,12H2/t23-/m0/s1. The van der Waals surface area contributed by atoms with Crippen LogP contribution in [0, 0.1) is 23.3 Å². The van der Waals surface area contributed by atoms with Gasteiger partial charge in [0.25, 0.3) is 5.91 Å². The molecule has 1 aliphatic carbocycles. The van der Waals surface area contributed by atoms with Crippen LogP contribution in [-0.4, -0.2) is 48.8 Å². The molecular formula is C28H17F7N4O3S. The van der Waals surface area contributed by atoms with Crippen molar-refractivity contribution in [3.05, 3.63) is 88.4 Å². The number of amides is 3. The van der Waals surface area contributed by atoms with Gasteiger partial charge in [0.05, 0.1) is 12.1 Å². The quantitative estimate of drug-likeness (QED) is 0.190. The summed E-state index contributed by atoms with van der Waals surface area (Å²) in [5.74, 6) is -6.79. The summed E-state index contributed by atoms with van der Waals surface area (Å²) in [6.07, 6.45) is -5.15. The highest BCUT2D eigenvalue weighted by Gasteiger charge is 2.68. The van der Waals surface area contributed by atoms with Crippen LogP contribution in [0.15, 0.2) is 54.6 Å². The van der Waals surface area contributed by atoms with Crippen LogP contribution in [0.5, 0.6) is 5.75 Å². The molecule has 15 heteroatoms. The van der Waals surface area contributed by atoms with Gasteiger partial charge in [-0.1, -0.05) is 35.6 Å². The summed E-state index contributed by atoms with van der Waals surface area (Å²) in [4.78, 5) is 27.8. The lowest BCUT2D eigenvalue weighted by molar-refractivity contribution is -0.183. The Hall–Kier alpha value is -4.53. The normalized spacial score (nSPS) is 16.8. The molecule has 0 radical (unpaired) electrons. The third kappa shape index (κ3) is 4.76. The summed E-state index contributed by atoms with van der Waals surface area (Å²) < 4.78 is 99.9. The van der Waals surface area contributed by atoms with Gasteiger partial charge in [-0.25, -0.2) is 27.3 Å². The number of hydrogen-bond donors (Lipinski definition) is 1. The van der Waals surface area contributed by atoms with Crippen LogP contribution in [-0.2, 0) is 11.3 Å². The third-order valence-electron chi connectivity index (χ3n) is 7.39. The Morgan fingerprint density at radius 2 is 1.58 bits per heavy atom. The summed E-state index contributed by atoms with van der Waals surface area (Å²) in [5, 5.41) is 17.1. The molecule has 1 spiro atoms. The van der Waals surface area contributed by atoms with E-state index in [2.05, 4.69) is 10.2 Å². The number of alkyl halides is 3. The predicted molar refractivity (Wildman–Crippen MR) is 137 cm³/mol. The molecular weight excluding hydrogens is 605 g/mol. The number of benzene rings is 3. The number of urea groups is 1. The first-order valence-electron chi connectivity index (χ1n) is 12.6. The minimum absolute atomic E-state index is 0.00258. The van der Waals surface area contributed by atoms with Gasteiger partial charge in [-0.3, -0.25) is 4.79 Å². The van der Waals surface area contributed by atoms with Crippen molar-refractivity contribution in [2.45, 2.75) is 37.1 Å². The average molecular weight is 623 g/mol. The highest BCUT2D eigenvalue weighted by molar-refractivity contribution is 7.14. The van der Waals surface area contributed by atoms with Gasteiger partial charge in [-0.15, -0.1) is 10.2 Å². The fraction of sp³-hybridized carbons (Fsp3) is 0.214. The number of hydrogen-bond acceptors (Lipinski definition) is 6. The largest absolute Gasteiger partial charge is 0.503 e. The lowest BCUT2D eigenvalue weighted by atomic mass is 9.98. The van der Waals surface area contributed by atoms with Crippen LogP contribution < -0.4 is 0 Å². The lowest BCUT2D eigenvalue weighted by Crippen LogP contribution is -2.43. The van der Waals surface area contributed by atoms with E-state index in [9.17, 15) is 41.0 Å². The highest BCUT2D eigenvalue weighted by atomic mass is 32.1. The molecule has 1 atom stereocenters. The Morgan fingerprint density at radius 1 is 0.907 bits per heavy atom. The molecule has 1 aliphatic heterocycles. The van der Waals surface area contributed by atoms with Crippen LogP contribution in [0.25, 0.3) is 21.7 Å². The van der Waals surface area contributed by atoms with E-state index in [1.54, 1.807) is 0 Å². The first-order chi connectivity index (χ1) is 20.3. The van der Waals surface area contributed by atoms with E-state index in [1.807, 2.05) is 0 Å². The van der Waals surface area contributed by atoms with Gasteiger partial charge in [-0.2, -0.15) is 13.2 Å². The Kier molecular flexibility index (Phi) is 6.67. The summed E-state index contributed by atoms with van der Waals surface area (Å²) in [5.41, 5.74) is -2.37. The van der Waals surface area contributed by atoms with Gasteiger partial charge in [0.2, 0.25) is 0 Å². The van der Waals surface area contributed by atoms with Crippen LogP contribution in [0.3, 0.4) is 0 Å². The second kappa shape index (κ2) is 10.0. The summed E-state index contributed by atoms with van der Waals surface area (Å²) in [6.45, 7) is -0.468. The Balaban J connectivity index is 1.32. The van der Waals surface area contributed by atoms with Gasteiger partial charge in [0, 0.05) is 5.56 Å². The SMILES string of the molecule is O=C1N([C@@H](c2ccc(-c3ccc(F)cc3)cc2F)C(F)(F)F)C(=O)C2(CC2)N1Cc1nnc(-c2ccc(F)c(O)c2F)s1. The first kappa shape index (κ1) is 28.6. The molecule has 43 heavy (non-hydrogen) atoms. The maximum absolute atomic E-state index is 15.3.